The Morgan fingerprint density at radius 1 is 1.09 bits per heavy atom. The minimum atomic E-state index is -3.04. The van der Waals surface area contributed by atoms with Crippen LogP contribution in [0.1, 0.15) is 25.3 Å². The molecule has 0 spiro atoms. The molecule has 0 radical (unpaired) electrons. The normalized spacial score (nSPS) is 18.0. The van der Waals surface area contributed by atoms with Crippen LogP contribution in [-0.2, 0) is 10.0 Å². The van der Waals surface area contributed by atoms with Crippen molar-refractivity contribution in [3.63, 3.8) is 0 Å². The topological polar surface area (TPSA) is 40.6 Å². The molecule has 0 N–H and O–H groups in total. The monoisotopic (exact) mass is 322 g/mol. The number of unbranched alkanes of at least 4 members (excludes halogenated alkanes) is 1. The van der Waals surface area contributed by atoms with Gasteiger partial charge in [-0.1, -0.05) is 55.8 Å². The van der Waals surface area contributed by atoms with Crippen molar-refractivity contribution in [1.29, 1.82) is 0 Å². The molecule has 0 aliphatic carbocycles. The molecule has 1 aromatic carbocycles. The molecule has 1 fully saturated rings. The zero-order chi connectivity index (χ0) is 15.8. The van der Waals surface area contributed by atoms with Crippen LogP contribution in [0.5, 0.6) is 0 Å². The number of hydrogen-bond donors (Lipinski definition) is 0. The standard InChI is InChI=1S/C17H26N2O2S/c1-2-3-16-22(20,21)19-14-12-18(13-15-19)11-7-10-17-8-5-4-6-9-17/h4-10H,2-3,11-16H2,1H3/b10-7+. The van der Waals surface area contributed by atoms with Crippen LogP contribution in [0, 0.1) is 0 Å². The summed E-state index contributed by atoms with van der Waals surface area (Å²) >= 11 is 0. The summed E-state index contributed by atoms with van der Waals surface area (Å²) in [6, 6.07) is 10.2. The Morgan fingerprint density at radius 3 is 2.41 bits per heavy atom. The highest BCUT2D eigenvalue weighted by Crippen LogP contribution is 2.10. The molecular formula is C17H26N2O2S. The lowest BCUT2D eigenvalue weighted by molar-refractivity contribution is 0.204. The SMILES string of the molecule is CCCCS(=O)(=O)N1CCN(C/C=C/c2ccccc2)CC1. The van der Waals surface area contributed by atoms with Gasteiger partial charge in [-0.2, -0.15) is 4.31 Å². The van der Waals surface area contributed by atoms with Gasteiger partial charge in [-0.3, -0.25) is 4.90 Å². The quantitative estimate of drug-likeness (QED) is 0.774. The van der Waals surface area contributed by atoms with Crippen molar-refractivity contribution in [2.75, 3.05) is 38.5 Å². The predicted octanol–water partition coefficient (Wildman–Crippen LogP) is 2.45. The third kappa shape index (κ3) is 5.23. The van der Waals surface area contributed by atoms with Gasteiger partial charge in [-0.05, 0) is 12.0 Å². The Morgan fingerprint density at radius 2 is 1.77 bits per heavy atom. The van der Waals surface area contributed by atoms with Crippen molar-refractivity contribution in [2.45, 2.75) is 19.8 Å². The molecule has 4 nitrogen and oxygen atoms in total. The molecule has 122 valence electrons. The van der Waals surface area contributed by atoms with Crippen molar-refractivity contribution in [3.05, 3.63) is 42.0 Å². The molecule has 5 heteroatoms. The second-order valence-corrected chi connectivity index (χ2v) is 7.77. The average molecular weight is 322 g/mol. The summed E-state index contributed by atoms with van der Waals surface area (Å²) in [4.78, 5) is 2.30. The van der Waals surface area contributed by atoms with Crippen LogP contribution in [0.3, 0.4) is 0 Å². The van der Waals surface area contributed by atoms with E-state index in [4.69, 9.17) is 0 Å². The van der Waals surface area contributed by atoms with Crippen LogP contribution in [0.4, 0.5) is 0 Å². The summed E-state index contributed by atoms with van der Waals surface area (Å²) in [5.41, 5.74) is 1.20. The third-order valence-electron chi connectivity index (χ3n) is 3.95. The van der Waals surface area contributed by atoms with Gasteiger partial charge in [0.1, 0.15) is 0 Å². The first-order valence-corrected chi connectivity index (χ1v) is 9.64. The van der Waals surface area contributed by atoms with Gasteiger partial charge in [0.2, 0.25) is 10.0 Å². The van der Waals surface area contributed by atoms with E-state index in [-0.39, 0.29) is 5.75 Å². The Bertz CT molecular complexity index is 562. The number of benzene rings is 1. The van der Waals surface area contributed by atoms with Crippen LogP contribution in [-0.4, -0.2) is 56.1 Å². The Kier molecular flexibility index (Phi) is 6.61. The van der Waals surface area contributed by atoms with Crippen LogP contribution in [0.2, 0.25) is 0 Å². The molecule has 1 aliphatic rings. The molecule has 1 heterocycles. The maximum Gasteiger partial charge on any atom is 0.214 e. The molecule has 0 bridgehead atoms. The van der Waals surface area contributed by atoms with Crippen LogP contribution < -0.4 is 0 Å². The summed E-state index contributed by atoms with van der Waals surface area (Å²) < 4.78 is 25.9. The molecule has 1 aliphatic heterocycles. The lowest BCUT2D eigenvalue weighted by Crippen LogP contribution is -2.49. The van der Waals surface area contributed by atoms with Gasteiger partial charge in [-0.15, -0.1) is 0 Å². The average Bonchev–Trinajstić information content (AvgIpc) is 2.54. The number of piperazine rings is 1. The number of rotatable bonds is 7. The predicted molar refractivity (Wildman–Crippen MR) is 92.2 cm³/mol. The molecule has 2 rings (SSSR count). The van der Waals surface area contributed by atoms with E-state index in [1.807, 2.05) is 25.1 Å². The van der Waals surface area contributed by atoms with Crippen molar-refractivity contribution < 1.29 is 8.42 Å². The van der Waals surface area contributed by atoms with Gasteiger partial charge < -0.3 is 0 Å². The zero-order valence-electron chi connectivity index (χ0n) is 13.3. The maximum absolute atomic E-state index is 12.1. The number of sulfonamides is 1. The Labute approximate surface area is 134 Å². The molecule has 0 atom stereocenters. The fourth-order valence-electron chi connectivity index (χ4n) is 2.55. The molecule has 0 saturated carbocycles. The van der Waals surface area contributed by atoms with E-state index < -0.39 is 10.0 Å². The van der Waals surface area contributed by atoms with E-state index in [1.165, 1.54) is 5.56 Å². The van der Waals surface area contributed by atoms with Gasteiger partial charge in [-0.25, -0.2) is 8.42 Å². The van der Waals surface area contributed by atoms with Gasteiger partial charge >= 0.3 is 0 Å². The third-order valence-corrected chi connectivity index (χ3v) is 5.91. The summed E-state index contributed by atoms with van der Waals surface area (Å²) in [7, 11) is -3.04. The first-order valence-electron chi connectivity index (χ1n) is 8.03. The highest BCUT2D eigenvalue weighted by Gasteiger charge is 2.25. The summed E-state index contributed by atoms with van der Waals surface area (Å²) in [6.45, 7) is 5.75. The maximum atomic E-state index is 12.1. The summed E-state index contributed by atoms with van der Waals surface area (Å²) in [5, 5.41) is 0. The summed E-state index contributed by atoms with van der Waals surface area (Å²) in [6.07, 6.45) is 5.94. The van der Waals surface area contributed by atoms with Crippen molar-refractivity contribution >= 4 is 16.1 Å². The minimum Gasteiger partial charge on any atom is -0.297 e. The first-order chi connectivity index (χ1) is 10.6. The molecule has 22 heavy (non-hydrogen) atoms. The van der Waals surface area contributed by atoms with Crippen molar-refractivity contribution in [3.8, 4) is 0 Å². The molecule has 1 saturated heterocycles. The summed E-state index contributed by atoms with van der Waals surface area (Å²) in [5.74, 6) is 0.289. The highest BCUT2D eigenvalue weighted by atomic mass is 32.2. The molecular weight excluding hydrogens is 296 g/mol. The Hall–Kier alpha value is -1.17. The fraction of sp³-hybridized carbons (Fsp3) is 0.529. The van der Waals surface area contributed by atoms with Crippen LogP contribution >= 0.6 is 0 Å². The zero-order valence-corrected chi connectivity index (χ0v) is 14.1. The minimum absolute atomic E-state index is 0.289. The number of nitrogens with zero attached hydrogens (tertiary/aromatic N) is 2. The molecule has 0 unspecified atom stereocenters. The molecule has 0 aromatic heterocycles. The second kappa shape index (κ2) is 8.46. The molecule has 1 aromatic rings. The van der Waals surface area contributed by atoms with Gasteiger partial charge in [0.25, 0.3) is 0 Å². The smallest absolute Gasteiger partial charge is 0.214 e. The van der Waals surface area contributed by atoms with Crippen LogP contribution in [0.25, 0.3) is 6.08 Å². The molecule has 0 amide bonds. The van der Waals surface area contributed by atoms with Gasteiger partial charge in [0, 0.05) is 32.7 Å². The van der Waals surface area contributed by atoms with E-state index >= 15 is 0 Å². The van der Waals surface area contributed by atoms with E-state index in [0.717, 1.165) is 32.5 Å². The van der Waals surface area contributed by atoms with Crippen molar-refractivity contribution in [2.24, 2.45) is 0 Å². The van der Waals surface area contributed by atoms with Crippen LogP contribution in [0.15, 0.2) is 36.4 Å². The van der Waals surface area contributed by atoms with Gasteiger partial charge in [0.05, 0.1) is 5.75 Å². The second-order valence-electron chi connectivity index (χ2n) is 5.68. The van der Waals surface area contributed by atoms with Crippen molar-refractivity contribution in [1.82, 2.24) is 9.21 Å². The lowest BCUT2D eigenvalue weighted by Gasteiger charge is -2.33. The van der Waals surface area contributed by atoms with E-state index in [2.05, 4.69) is 29.2 Å². The first kappa shape index (κ1) is 17.2. The lowest BCUT2D eigenvalue weighted by atomic mass is 10.2. The van der Waals surface area contributed by atoms with Gasteiger partial charge in [0.15, 0.2) is 0 Å². The number of hydrogen-bond acceptors (Lipinski definition) is 3. The Balaban J connectivity index is 1.76. The van der Waals surface area contributed by atoms with E-state index in [9.17, 15) is 8.42 Å². The largest absolute Gasteiger partial charge is 0.297 e. The highest BCUT2D eigenvalue weighted by molar-refractivity contribution is 7.89. The van der Waals surface area contributed by atoms with E-state index in [0.29, 0.717) is 13.1 Å². The fourth-order valence-corrected chi connectivity index (χ4v) is 4.18. The van der Waals surface area contributed by atoms with E-state index in [1.54, 1.807) is 4.31 Å².